The van der Waals surface area contributed by atoms with E-state index >= 15 is 0 Å². The molecule has 1 aromatic rings. The van der Waals surface area contributed by atoms with Crippen molar-refractivity contribution in [2.45, 2.75) is 43.8 Å². The number of rotatable bonds is 3. The van der Waals surface area contributed by atoms with Gasteiger partial charge in [-0.25, -0.2) is 0 Å². The van der Waals surface area contributed by atoms with Crippen LogP contribution >= 0.6 is 0 Å². The Labute approximate surface area is 205 Å². The summed E-state index contributed by atoms with van der Waals surface area (Å²) in [6, 6.07) is 8.95. The van der Waals surface area contributed by atoms with Crippen molar-refractivity contribution < 1.29 is 28.7 Å². The van der Waals surface area contributed by atoms with Gasteiger partial charge in [-0.15, -0.1) is 0 Å². The molecule has 11 heteroatoms. The number of nitrogens with two attached hydrogens (primary N) is 1. The SMILES string of the molecule is NC(=O)C1CC(=O)NCCOCCOCC(=O)NC2(CCN(Cc3ccccc3)CC2)CC(=O)N1. The first-order chi connectivity index (χ1) is 16.8. The molecule has 2 fully saturated rings. The fraction of sp³-hybridized carbons (Fsp3) is 0.583. The van der Waals surface area contributed by atoms with Gasteiger partial charge in [-0.1, -0.05) is 30.3 Å². The molecule has 5 N–H and O–H groups in total. The molecule has 0 radical (unpaired) electrons. The number of amides is 4. The Morgan fingerprint density at radius 1 is 1.00 bits per heavy atom. The molecule has 4 amide bonds. The number of carbonyl (C=O) groups is 4. The third kappa shape index (κ3) is 8.93. The number of carbonyl (C=O) groups excluding carboxylic acids is 4. The Bertz CT molecular complexity index is 872. The van der Waals surface area contributed by atoms with E-state index in [1.807, 2.05) is 18.2 Å². The lowest BCUT2D eigenvalue weighted by molar-refractivity contribution is -0.132. The molecule has 2 saturated heterocycles. The van der Waals surface area contributed by atoms with Crippen molar-refractivity contribution in [3.63, 3.8) is 0 Å². The molecule has 3 rings (SSSR count). The maximum Gasteiger partial charge on any atom is 0.246 e. The first-order valence-corrected chi connectivity index (χ1v) is 11.9. The zero-order valence-electron chi connectivity index (χ0n) is 19.9. The molecule has 192 valence electrons. The minimum Gasteiger partial charge on any atom is -0.377 e. The van der Waals surface area contributed by atoms with Crippen LogP contribution in [-0.4, -0.2) is 86.2 Å². The molecule has 2 aliphatic rings. The van der Waals surface area contributed by atoms with Crippen LogP contribution in [0.1, 0.15) is 31.2 Å². The van der Waals surface area contributed by atoms with Crippen molar-refractivity contribution in [2.75, 3.05) is 46.1 Å². The van der Waals surface area contributed by atoms with Gasteiger partial charge in [0.25, 0.3) is 0 Å². The Kier molecular flexibility index (Phi) is 10.0. The summed E-state index contributed by atoms with van der Waals surface area (Å²) in [6.07, 6.45) is 0.786. The number of hydrogen-bond acceptors (Lipinski definition) is 7. The molecule has 0 bridgehead atoms. The van der Waals surface area contributed by atoms with E-state index in [2.05, 4.69) is 33.0 Å². The highest BCUT2D eigenvalue weighted by molar-refractivity contribution is 5.91. The number of nitrogens with zero attached hydrogens (tertiary/aromatic N) is 1. The molecule has 0 aliphatic carbocycles. The topological polar surface area (TPSA) is 152 Å². The van der Waals surface area contributed by atoms with Crippen molar-refractivity contribution in [1.82, 2.24) is 20.9 Å². The van der Waals surface area contributed by atoms with Crippen LogP contribution < -0.4 is 21.7 Å². The summed E-state index contributed by atoms with van der Waals surface area (Å²) < 4.78 is 10.8. The highest BCUT2D eigenvalue weighted by atomic mass is 16.5. The monoisotopic (exact) mass is 489 g/mol. The van der Waals surface area contributed by atoms with E-state index in [1.54, 1.807) is 0 Å². The molecule has 35 heavy (non-hydrogen) atoms. The molecule has 0 aromatic heterocycles. The lowest BCUT2D eigenvalue weighted by Gasteiger charge is -2.42. The van der Waals surface area contributed by atoms with Gasteiger partial charge in [-0.05, 0) is 18.4 Å². The summed E-state index contributed by atoms with van der Waals surface area (Å²) in [5, 5.41) is 8.21. The van der Waals surface area contributed by atoms with Crippen LogP contribution in [0.3, 0.4) is 0 Å². The highest BCUT2D eigenvalue weighted by Gasteiger charge is 2.38. The number of piperidine rings is 1. The van der Waals surface area contributed by atoms with E-state index in [-0.39, 0.29) is 51.7 Å². The molecule has 1 atom stereocenters. The number of ether oxygens (including phenoxy) is 2. The normalized spacial score (nSPS) is 23.5. The van der Waals surface area contributed by atoms with Gasteiger partial charge in [-0.3, -0.25) is 24.1 Å². The summed E-state index contributed by atoms with van der Waals surface area (Å²) in [4.78, 5) is 51.9. The second-order valence-electron chi connectivity index (χ2n) is 9.01. The fourth-order valence-corrected chi connectivity index (χ4v) is 4.34. The van der Waals surface area contributed by atoms with E-state index in [1.165, 1.54) is 5.56 Å². The molecular weight excluding hydrogens is 454 g/mol. The maximum atomic E-state index is 12.9. The van der Waals surface area contributed by atoms with E-state index in [0.29, 0.717) is 25.9 Å². The quantitative estimate of drug-likeness (QED) is 0.427. The fourth-order valence-electron chi connectivity index (χ4n) is 4.34. The Morgan fingerprint density at radius 3 is 2.43 bits per heavy atom. The summed E-state index contributed by atoms with van der Waals surface area (Å²) >= 11 is 0. The predicted octanol–water partition coefficient (Wildman–Crippen LogP) is -0.949. The first-order valence-electron chi connectivity index (χ1n) is 11.9. The second kappa shape index (κ2) is 13.2. The Morgan fingerprint density at radius 2 is 1.71 bits per heavy atom. The maximum absolute atomic E-state index is 12.9. The van der Waals surface area contributed by atoms with Gasteiger partial charge < -0.3 is 31.2 Å². The molecule has 2 heterocycles. The zero-order valence-corrected chi connectivity index (χ0v) is 19.9. The smallest absolute Gasteiger partial charge is 0.246 e. The first kappa shape index (κ1) is 26.6. The van der Waals surface area contributed by atoms with Gasteiger partial charge in [0.2, 0.25) is 23.6 Å². The summed E-state index contributed by atoms with van der Waals surface area (Å²) in [5.41, 5.74) is 5.82. The minimum absolute atomic E-state index is 0.0353. The van der Waals surface area contributed by atoms with Crippen molar-refractivity contribution >= 4 is 23.6 Å². The second-order valence-corrected chi connectivity index (χ2v) is 9.01. The summed E-state index contributed by atoms with van der Waals surface area (Å²) in [6.45, 7) is 2.97. The largest absolute Gasteiger partial charge is 0.377 e. The molecule has 1 aromatic carbocycles. The zero-order chi connectivity index (χ0) is 25.1. The Balaban J connectivity index is 1.69. The summed E-state index contributed by atoms with van der Waals surface area (Å²) in [5.74, 6) is -1.99. The average Bonchev–Trinajstić information content (AvgIpc) is 2.82. The highest BCUT2D eigenvalue weighted by Crippen LogP contribution is 2.27. The van der Waals surface area contributed by atoms with Crippen LogP contribution in [-0.2, 0) is 35.2 Å². The number of nitrogens with one attached hydrogen (secondary N) is 3. The number of likely N-dealkylation sites (tertiary alicyclic amines) is 1. The van der Waals surface area contributed by atoms with Crippen LogP contribution in [0.4, 0.5) is 0 Å². The molecule has 11 nitrogen and oxygen atoms in total. The molecular formula is C24H35N5O6. The van der Waals surface area contributed by atoms with Gasteiger partial charge in [0, 0.05) is 32.6 Å². The molecule has 1 unspecified atom stereocenters. The van der Waals surface area contributed by atoms with Gasteiger partial charge >= 0.3 is 0 Å². The lowest BCUT2D eigenvalue weighted by atomic mass is 9.83. The predicted molar refractivity (Wildman–Crippen MR) is 127 cm³/mol. The average molecular weight is 490 g/mol. The van der Waals surface area contributed by atoms with Gasteiger partial charge in [-0.2, -0.15) is 0 Å². The minimum atomic E-state index is -1.15. The third-order valence-corrected chi connectivity index (χ3v) is 6.21. The molecule has 2 aliphatic heterocycles. The molecule has 0 saturated carbocycles. The van der Waals surface area contributed by atoms with E-state index in [9.17, 15) is 19.2 Å². The van der Waals surface area contributed by atoms with E-state index < -0.39 is 29.3 Å². The van der Waals surface area contributed by atoms with E-state index in [4.69, 9.17) is 15.2 Å². The molecule has 1 spiro atoms. The standard InChI is InChI=1S/C24H35N5O6/c25-23(33)19-14-20(30)26-8-11-34-12-13-35-17-22(32)28-24(15-21(31)27-19)6-9-29(10-7-24)16-18-4-2-1-3-5-18/h1-5,19H,6-17H2,(H2,25,33)(H,26,30)(H,27,31)(H,28,32). The van der Waals surface area contributed by atoms with Crippen molar-refractivity contribution in [3.8, 4) is 0 Å². The Hall–Kier alpha value is -3.02. The number of hydrogen-bond donors (Lipinski definition) is 4. The lowest BCUT2D eigenvalue weighted by Crippen LogP contribution is -2.58. The van der Waals surface area contributed by atoms with Crippen molar-refractivity contribution in [3.05, 3.63) is 35.9 Å². The van der Waals surface area contributed by atoms with Crippen LogP contribution in [0.15, 0.2) is 30.3 Å². The number of primary amides is 1. The van der Waals surface area contributed by atoms with Crippen LogP contribution in [0.2, 0.25) is 0 Å². The van der Waals surface area contributed by atoms with E-state index in [0.717, 1.165) is 6.54 Å². The van der Waals surface area contributed by atoms with Gasteiger partial charge in [0.15, 0.2) is 0 Å². The van der Waals surface area contributed by atoms with Gasteiger partial charge in [0.1, 0.15) is 12.6 Å². The summed E-state index contributed by atoms with van der Waals surface area (Å²) in [7, 11) is 0. The van der Waals surface area contributed by atoms with Crippen LogP contribution in [0, 0.1) is 0 Å². The van der Waals surface area contributed by atoms with Crippen LogP contribution in [0.5, 0.6) is 0 Å². The number of benzene rings is 1. The van der Waals surface area contributed by atoms with Crippen molar-refractivity contribution in [1.29, 1.82) is 0 Å². The van der Waals surface area contributed by atoms with Gasteiger partial charge in [0.05, 0.1) is 31.8 Å². The third-order valence-electron chi connectivity index (χ3n) is 6.21. The van der Waals surface area contributed by atoms with Crippen LogP contribution in [0.25, 0.3) is 0 Å². The van der Waals surface area contributed by atoms with Crippen molar-refractivity contribution in [2.24, 2.45) is 5.73 Å².